The Kier molecular flexibility index (Phi) is 10.7. The summed E-state index contributed by atoms with van der Waals surface area (Å²) in [7, 11) is -4.67. The van der Waals surface area contributed by atoms with Gasteiger partial charge in [0.05, 0.1) is 12.1 Å². The van der Waals surface area contributed by atoms with Crippen LogP contribution in [0.15, 0.2) is 30.5 Å². The molecule has 1 aromatic carbocycles. The van der Waals surface area contributed by atoms with Crippen molar-refractivity contribution in [3.8, 4) is 0 Å². The molecule has 2 aromatic rings. The molecule has 0 radical (unpaired) electrons. The van der Waals surface area contributed by atoms with Crippen molar-refractivity contribution < 1.29 is 22.6 Å². The molecule has 1 heterocycles. The number of aliphatic hydroxyl groups excluding tert-OH is 1. The number of halogens is 1. The summed E-state index contributed by atoms with van der Waals surface area (Å²) in [6.07, 6.45) is 4.00. The van der Waals surface area contributed by atoms with Crippen LogP contribution in [0.5, 0.6) is 0 Å². The Hall–Kier alpha value is -1.49. The molecule has 0 bridgehead atoms. The van der Waals surface area contributed by atoms with E-state index in [0.29, 0.717) is 11.1 Å². The first-order valence-electron chi connectivity index (χ1n) is 8.98. The number of nitrogens with zero attached hydrogens (tertiary/aromatic N) is 2. The second-order valence-corrected chi connectivity index (χ2v) is 7.65. The van der Waals surface area contributed by atoms with Gasteiger partial charge in [-0.25, -0.2) is 0 Å². The number of likely N-dealkylation sites (N-methyl/N-ethyl adjacent to an activating group) is 1. The molecule has 10 heteroatoms. The second-order valence-electron chi connectivity index (χ2n) is 6.31. The Bertz CT molecular complexity index is 827. The van der Waals surface area contributed by atoms with Crippen molar-refractivity contribution in [2.24, 2.45) is 0 Å². The smallest absolute Gasteiger partial charge is 0.394 e. The predicted molar refractivity (Wildman–Crippen MR) is 112 cm³/mol. The molecule has 1 atom stereocenters. The van der Waals surface area contributed by atoms with E-state index in [9.17, 15) is 0 Å². The zero-order chi connectivity index (χ0) is 21.2. The fourth-order valence-electron chi connectivity index (χ4n) is 2.78. The fourth-order valence-corrected chi connectivity index (χ4v) is 2.94. The van der Waals surface area contributed by atoms with Gasteiger partial charge in [-0.2, -0.15) is 8.42 Å². The molecular weight excluding hydrogens is 412 g/mol. The van der Waals surface area contributed by atoms with Crippen LogP contribution in [0, 0.1) is 0 Å². The molecule has 0 fully saturated rings. The minimum absolute atomic E-state index is 0.229. The van der Waals surface area contributed by atoms with E-state index in [0.717, 1.165) is 49.1 Å². The molecule has 0 saturated heterocycles. The van der Waals surface area contributed by atoms with Gasteiger partial charge in [-0.05, 0) is 57.1 Å². The molecule has 1 unspecified atom stereocenters. The zero-order valence-electron chi connectivity index (χ0n) is 16.0. The third-order valence-electron chi connectivity index (χ3n) is 4.08. The molecule has 0 saturated carbocycles. The summed E-state index contributed by atoms with van der Waals surface area (Å²) in [5.41, 5.74) is 2.01. The molecule has 0 amide bonds. The summed E-state index contributed by atoms with van der Waals surface area (Å²) < 4.78 is 31.6. The summed E-state index contributed by atoms with van der Waals surface area (Å²) in [6.45, 7) is 7.32. The summed E-state index contributed by atoms with van der Waals surface area (Å²) in [6, 6.07) is 8.19. The van der Waals surface area contributed by atoms with E-state index in [4.69, 9.17) is 34.2 Å². The van der Waals surface area contributed by atoms with Gasteiger partial charge in [-0.3, -0.25) is 14.1 Å². The molecule has 158 valence electrons. The normalized spacial score (nSPS) is 12.5. The molecule has 0 spiro atoms. The number of benzene rings is 1. The van der Waals surface area contributed by atoms with Gasteiger partial charge in [0.2, 0.25) is 0 Å². The van der Waals surface area contributed by atoms with Gasteiger partial charge in [-0.1, -0.05) is 18.5 Å². The van der Waals surface area contributed by atoms with Gasteiger partial charge in [0.25, 0.3) is 0 Å². The van der Waals surface area contributed by atoms with Crippen molar-refractivity contribution in [1.82, 2.24) is 9.88 Å². The number of aliphatic hydroxyl groups is 1. The summed E-state index contributed by atoms with van der Waals surface area (Å²) in [5.74, 6) is 0. The number of nitrogens with one attached hydrogen (secondary N) is 1. The number of aromatic nitrogens is 1. The van der Waals surface area contributed by atoms with Crippen molar-refractivity contribution in [3.63, 3.8) is 0 Å². The summed E-state index contributed by atoms with van der Waals surface area (Å²) >= 11 is 6.03. The van der Waals surface area contributed by atoms with Crippen LogP contribution >= 0.6 is 11.6 Å². The van der Waals surface area contributed by atoms with E-state index in [-0.39, 0.29) is 6.61 Å². The van der Waals surface area contributed by atoms with E-state index in [2.05, 4.69) is 29.0 Å². The average molecular weight is 440 g/mol. The quantitative estimate of drug-likeness (QED) is 0.439. The van der Waals surface area contributed by atoms with Gasteiger partial charge < -0.3 is 15.3 Å². The van der Waals surface area contributed by atoms with Crippen molar-refractivity contribution in [3.05, 3.63) is 35.5 Å². The highest BCUT2D eigenvalue weighted by molar-refractivity contribution is 7.79. The number of rotatable bonds is 9. The number of anilines is 1. The van der Waals surface area contributed by atoms with Gasteiger partial charge in [-0.15, -0.1) is 0 Å². The number of fused-ring (bicyclic) bond motifs is 1. The molecule has 8 nitrogen and oxygen atoms in total. The van der Waals surface area contributed by atoms with E-state index in [1.165, 1.54) is 0 Å². The van der Waals surface area contributed by atoms with E-state index in [1.54, 1.807) is 0 Å². The van der Waals surface area contributed by atoms with Crippen LogP contribution in [-0.2, 0) is 10.4 Å². The summed E-state index contributed by atoms with van der Waals surface area (Å²) in [4.78, 5) is 6.65. The van der Waals surface area contributed by atoms with Crippen LogP contribution in [-0.4, -0.2) is 64.8 Å². The Morgan fingerprint density at radius 1 is 1.25 bits per heavy atom. The highest BCUT2D eigenvalue weighted by atomic mass is 35.5. The topological polar surface area (TPSA) is 123 Å². The Morgan fingerprint density at radius 2 is 1.93 bits per heavy atom. The van der Waals surface area contributed by atoms with Gasteiger partial charge in [0.1, 0.15) is 0 Å². The molecule has 28 heavy (non-hydrogen) atoms. The number of hydrogen-bond donors (Lipinski definition) is 4. The van der Waals surface area contributed by atoms with Crippen LogP contribution < -0.4 is 5.32 Å². The molecule has 2 rings (SSSR count). The zero-order valence-corrected chi connectivity index (χ0v) is 17.6. The van der Waals surface area contributed by atoms with Crippen molar-refractivity contribution in [2.45, 2.75) is 32.7 Å². The van der Waals surface area contributed by atoms with Crippen LogP contribution in [0.1, 0.15) is 26.7 Å². The highest BCUT2D eigenvalue weighted by Gasteiger charge is 2.08. The molecular formula is C18H28ClN3O5S. The Balaban J connectivity index is 0.000000696. The van der Waals surface area contributed by atoms with Crippen LogP contribution in [0.3, 0.4) is 0 Å². The fraction of sp³-hybridized carbons (Fsp3) is 0.500. The van der Waals surface area contributed by atoms with Crippen LogP contribution in [0.2, 0.25) is 5.02 Å². The molecule has 0 aliphatic heterocycles. The van der Waals surface area contributed by atoms with Crippen LogP contribution in [0.4, 0.5) is 5.69 Å². The van der Waals surface area contributed by atoms with Gasteiger partial charge >= 0.3 is 10.4 Å². The lowest BCUT2D eigenvalue weighted by molar-refractivity contribution is 0.199. The summed E-state index contributed by atoms with van der Waals surface area (Å²) in [5, 5.41) is 14.4. The largest absolute Gasteiger partial charge is 0.395 e. The SMILES string of the molecule is CCN(CCO)CCCC(C)Nc1ccn[13c]2[13cH][13c](Cl)[13cH][13cH][13c]12.O=S(=O)(O)O. The molecule has 4 N–H and O–H groups in total. The molecule has 1 aromatic heterocycles. The lowest BCUT2D eigenvalue weighted by Gasteiger charge is -2.21. The average Bonchev–Trinajstić information content (AvgIpc) is 2.59. The first-order valence-corrected chi connectivity index (χ1v) is 10.8. The van der Waals surface area contributed by atoms with Gasteiger partial charge in [0, 0.05) is 34.9 Å². The monoisotopic (exact) mass is 439 g/mol. The van der Waals surface area contributed by atoms with Crippen LogP contribution in [0.25, 0.3) is 10.9 Å². The van der Waals surface area contributed by atoms with Crippen molar-refractivity contribution in [2.75, 3.05) is 31.6 Å². The maximum atomic E-state index is 9.02. The third-order valence-corrected chi connectivity index (χ3v) is 4.32. The molecule has 0 aliphatic rings. The molecule has 0 aliphatic carbocycles. The minimum atomic E-state index is -4.67. The second kappa shape index (κ2) is 12.2. The highest BCUT2D eigenvalue weighted by Crippen LogP contribution is 2.25. The Morgan fingerprint density at radius 3 is 2.54 bits per heavy atom. The number of pyridine rings is 1. The lowest BCUT2D eigenvalue weighted by Crippen LogP contribution is -2.28. The number of hydrogen-bond acceptors (Lipinski definition) is 6. The minimum Gasteiger partial charge on any atom is -0.395 e. The standard InChI is InChI=1S/C18H26ClN3O.H2O4S/c1-3-22(11-12-23)10-4-5-14(2)21-17-8-9-20-18-13-15(19)6-7-16(17)18;1-5(2,3)4/h6-9,13-14,23H,3-5,10-12H2,1-2H3,(H,20,21);(H2,1,2,3,4)/i6+1,7+1,13+1,15+1,16+1,18+1;. The Labute approximate surface area is 171 Å². The van der Waals surface area contributed by atoms with Crippen molar-refractivity contribution >= 4 is 38.6 Å². The van der Waals surface area contributed by atoms with E-state index >= 15 is 0 Å². The van der Waals surface area contributed by atoms with E-state index < -0.39 is 10.4 Å². The third kappa shape index (κ3) is 10.2. The predicted octanol–water partition coefficient (Wildman–Crippen LogP) is 3.13. The first-order chi connectivity index (χ1) is 13.1. The van der Waals surface area contributed by atoms with Crippen molar-refractivity contribution in [1.29, 1.82) is 0 Å². The lowest BCUT2D eigenvalue weighted by atomic mass is 10.1. The van der Waals surface area contributed by atoms with Gasteiger partial charge in [0.15, 0.2) is 0 Å². The first kappa shape index (κ1) is 24.5. The van der Waals surface area contributed by atoms with E-state index in [1.807, 2.05) is 30.5 Å². The maximum absolute atomic E-state index is 9.02. The maximum Gasteiger partial charge on any atom is 0.394 e.